The topological polar surface area (TPSA) is 59.4 Å². The zero-order chi connectivity index (χ0) is 22.7. The Morgan fingerprint density at radius 2 is 1.75 bits per heavy atom. The highest BCUT2D eigenvalue weighted by Gasteiger charge is 2.15. The molecule has 0 aliphatic rings. The molecule has 4 nitrogen and oxygen atoms in total. The molecule has 162 valence electrons. The van der Waals surface area contributed by atoms with E-state index in [2.05, 4.69) is 0 Å². The molecule has 0 aliphatic carbocycles. The fraction of sp³-hybridized carbons (Fsp3) is 0.185. The van der Waals surface area contributed by atoms with E-state index >= 15 is 0 Å². The second-order valence-corrected chi connectivity index (χ2v) is 7.63. The van der Waals surface area contributed by atoms with Gasteiger partial charge in [-0.3, -0.25) is 4.79 Å². The van der Waals surface area contributed by atoms with Gasteiger partial charge in [0.05, 0.1) is 17.8 Å². The van der Waals surface area contributed by atoms with Crippen LogP contribution in [-0.4, -0.2) is 22.7 Å². The van der Waals surface area contributed by atoms with Crippen molar-refractivity contribution in [3.8, 4) is 28.1 Å². The lowest BCUT2D eigenvalue weighted by atomic mass is 9.94. The second kappa shape index (κ2) is 9.18. The number of benzene rings is 3. The number of para-hydroxylation sites is 1. The summed E-state index contributed by atoms with van der Waals surface area (Å²) in [5, 5.41) is 9.84. The van der Waals surface area contributed by atoms with Gasteiger partial charge in [-0.1, -0.05) is 42.5 Å². The van der Waals surface area contributed by atoms with E-state index in [9.17, 15) is 14.3 Å². The first-order valence-corrected chi connectivity index (χ1v) is 10.6. The van der Waals surface area contributed by atoms with Crippen LogP contribution in [-0.2, 0) is 11.2 Å². The molecule has 0 atom stereocenters. The van der Waals surface area contributed by atoms with Crippen molar-refractivity contribution in [1.29, 1.82) is 0 Å². The Labute approximate surface area is 186 Å². The van der Waals surface area contributed by atoms with Crippen LogP contribution >= 0.6 is 0 Å². The molecule has 0 saturated heterocycles. The molecule has 0 amide bonds. The Bertz CT molecular complexity index is 1280. The number of aliphatic carboxylic acids is 1. The maximum Gasteiger partial charge on any atom is 0.303 e. The van der Waals surface area contributed by atoms with Gasteiger partial charge in [-0.25, -0.2) is 9.37 Å². The largest absolute Gasteiger partial charge is 0.493 e. The lowest BCUT2D eigenvalue weighted by Crippen LogP contribution is -2.03. The molecular formula is C27H24FNO3. The van der Waals surface area contributed by atoms with Gasteiger partial charge in [-0.05, 0) is 61.2 Å². The number of hydrogen-bond acceptors (Lipinski definition) is 3. The summed E-state index contributed by atoms with van der Waals surface area (Å²) in [6.07, 6.45) is 0.291. The van der Waals surface area contributed by atoms with E-state index in [0.717, 1.165) is 39.3 Å². The van der Waals surface area contributed by atoms with Crippen LogP contribution in [0.15, 0.2) is 66.7 Å². The zero-order valence-electron chi connectivity index (χ0n) is 18.1. The summed E-state index contributed by atoms with van der Waals surface area (Å²) in [4.78, 5) is 16.0. The van der Waals surface area contributed by atoms with E-state index in [1.54, 1.807) is 6.07 Å². The van der Waals surface area contributed by atoms with Gasteiger partial charge in [0.25, 0.3) is 0 Å². The molecule has 1 heterocycles. The summed E-state index contributed by atoms with van der Waals surface area (Å²) in [5.74, 6) is -0.411. The molecule has 1 aromatic heterocycles. The second-order valence-electron chi connectivity index (χ2n) is 7.63. The fourth-order valence-electron chi connectivity index (χ4n) is 4.03. The number of aryl methyl sites for hydroxylation is 1. The Morgan fingerprint density at radius 1 is 1.03 bits per heavy atom. The van der Waals surface area contributed by atoms with Gasteiger partial charge in [0, 0.05) is 22.9 Å². The molecule has 0 spiro atoms. The molecule has 0 unspecified atom stereocenters. The van der Waals surface area contributed by atoms with Crippen LogP contribution in [0.3, 0.4) is 0 Å². The van der Waals surface area contributed by atoms with Crippen molar-refractivity contribution in [3.63, 3.8) is 0 Å². The number of nitrogens with zero attached hydrogens (tertiary/aromatic N) is 1. The molecule has 0 aliphatic heterocycles. The normalized spacial score (nSPS) is 11.0. The minimum atomic E-state index is -0.885. The van der Waals surface area contributed by atoms with Gasteiger partial charge < -0.3 is 9.84 Å². The fourth-order valence-corrected chi connectivity index (χ4v) is 4.03. The molecule has 4 aromatic rings. The van der Waals surface area contributed by atoms with E-state index in [1.807, 2.05) is 62.4 Å². The summed E-state index contributed by atoms with van der Waals surface area (Å²) < 4.78 is 19.7. The lowest BCUT2D eigenvalue weighted by molar-refractivity contribution is -0.136. The number of carboxylic acid groups (broad SMARTS) is 1. The lowest BCUT2D eigenvalue weighted by Gasteiger charge is -2.15. The van der Waals surface area contributed by atoms with Gasteiger partial charge >= 0.3 is 5.97 Å². The van der Waals surface area contributed by atoms with Crippen molar-refractivity contribution >= 4 is 16.9 Å². The van der Waals surface area contributed by atoms with Crippen LogP contribution in [0.5, 0.6) is 5.75 Å². The first-order valence-electron chi connectivity index (χ1n) is 10.6. The molecule has 3 aromatic carbocycles. The molecule has 4 rings (SSSR count). The Balaban J connectivity index is 1.79. The number of pyridine rings is 1. The number of ether oxygens (including phenoxy) is 1. The summed E-state index contributed by atoms with van der Waals surface area (Å²) >= 11 is 0. The van der Waals surface area contributed by atoms with Gasteiger partial charge in [0.15, 0.2) is 0 Å². The van der Waals surface area contributed by atoms with Crippen LogP contribution in [0.4, 0.5) is 4.39 Å². The van der Waals surface area contributed by atoms with Crippen LogP contribution in [0.25, 0.3) is 33.3 Å². The third-order valence-electron chi connectivity index (χ3n) is 5.57. The first kappa shape index (κ1) is 21.5. The SMILES string of the molecule is CCOc1ccccc1-c1ccc(-c2nc3ccc(F)cc3c(CCC(=O)O)c2C)cc1. The Kier molecular flexibility index (Phi) is 6.17. The number of rotatable bonds is 7. The van der Waals surface area contributed by atoms with Crippen LogP contribution < -0.4 is 4.74 Å². The minimum absolute atomic E-state index is 0.0247. The zero-order valence-corrected chi connectivity index (χ0v) is 18.1. The van der Waals surface area contributed by atoms with Crippen molar-refractivity contribution in [1.82, 2.24) is 4.98 Å². The number of aromatic nitrogens is 1. The average molecular weight is 429 g/mol. The number of hydrogen-bond donors (Lipinski definition) is 1. The number of carboxylic acids is 1. The monoisotopic (exact) mass is 429 g/mol. The van der Waals surface area contributed by atoms with Crippen molar-refractivity contribution in [2.45, 2.75) is 26.7 Å². The van der Waals surface area contributed by atoms with E-state index in [4.69, 9.17) is 9.72 Å². The maximum absolute atomic E-state index is 13.9. The first-order chi connectivity index (χ1) is 15.5. The van der Waals surface area contributed by atoms with Crippen LogP contribution in [0.1, 0.15) is 24.5 Å². The van der Waals surface area contributed by atoms with E-state index < -0.39 is 5.97 Å². The predicted octanol–water partition coefficient (Wildman–Crippen LogP) is 6.43. The third-order valence-corrected chi connectivity index (χ3v) is 5.57. The van der Waals surface area contributed by atoms with Crippen molar-refractivity contribution < 1.29 is 19.0 Å². The molecule has 0 radical (unpaired) electrons. The predicted molar refractivity (Wildman–Crippen MR) is 124 cm³/mol. The van der Waals surface area contributed by atoms with Gasteiger partial charge in [0.2, 0.25) is 0 Å². The van der Waals surface area contributed by atoms with E-state index in [-0.39, 0.29) is 12.2 Å². The molecule has 5 heteroatoms. The third kappa shape index (κ3) is 4.33. The maximum atomic E-state index is 13.9. The number of fused-ring (bicyclic) bond motifs is 1. The Morgan fingerprint density at radius 3 is 2.47 bits per heavy atom. The van der Waals surface area contributed by atoms with Crippen molar-refractivity contribution in [2.24, 2.45) is 0 Å². The summed E-state index contributed by atoms with van der Waals surface area (Å²) in [6.45, 7) is 4.47. The van der Waals surface area contributed by atoms with Crippen LogP contribution in [0, 0.1) is 12.7 Å². The van der Waals surface area contributed by atoms with E-state index in [0.29, 0.717) is 23.9 Å². The van der Waals surface area contributed by atoms with E-state index in [1.165, 1.54) is 12.1 Å². The standard InChI is InChI=1S/C27H24FNO3/c1-3-32-25-7-5-4-6-22(25)18-8-10-19(11-9-18)27-17(2)21(13-15-26(30)31)23-16-20(28)12-14-24(23)29-27/h4-12,14,16H,3,13,15H2,1-2H3,(H,30,31). The molecule has 0 saturated carbocycles. The van der Waals surface area contributed by atoms with Gasteiger partial charge in [0.1, 0.15) is 11.6 Å². The highest BCUT2D eigenvalue weighted by molar-refractivity contribution is 5.88. The molecule has 0 bridgehead atoms. The molecule has 1 N–H and O–H groups in total. The van der Waals surface area contributed by atoms with Crippen LogP contribution in [0.2, 0.25) is 0 Å². The van der Waals surface area contributed by atoms with Crippen molar-refractivity contribution in [3.05, 3.63) is 83.7 Å². The molecule has 32 heavy (non-hydrogen) atoms. The average Bonchev–Trinajstić information content (AvgIpc) is 2.79. The summed E-state index contributed by atoms with van der Waals surface area (Å²) in [5.41, 5.74) is 6.07. The number of carbonyl (C=O) groups is 1. The minimum Gasteiger partial charge on any atom is -0.493 e. The number of halogens is 1. The highest BCUT2D eigenvalue weighted by atomic mass is 19.1. The Hall–Kier alpha value is -3.73. The quantitative estimate of drug-likeness (QED) is 0.368. The van der Waals surface area contributed by atoms with Gasteiger partial charge in [-0.2, -0.15) is 0 Å². The molecular weight excluding hydrogens is 405 g/mol. The summed E-state index contributed by atoms with van der Waals surface area (Å²) in [6, 6.07) is 20.4. The highest BCUT2D eigenvalue weighted by Crippen LogP contribution is 2.34. The summed E-state index contributed by atoms with van der Waals surface area (Å²) in [7, 11) is 0. The smallest absolute Gasteiger partial charge is 0.303 e. The molecule has 0 fully saturated rings. The van der Waals surface area contributed by atoms with Crippen molar-refractivity contribution in [2.75, 3.05) is 6.61 Å². The van der Waals surface area contributed by atoms with Gasteiger partial charge in [-0.15, -0.1) is 0 Å².